The molecule has 0 bridgehead atoms. The van der Waals surface area contributed by atoms with E-state index >= 15 is 0 Å². The van der Waals surface area contributed by atoms with E-state index in [0.29, 0.717) is 47.1 Å². The molecule has 3 aliphatic rings. The zero-order valence-corrected chi connectivity index (χ0v) is 24.9. The van der Waals surface area contributed by atoms with Crippen molar-refractivity contribution in [3.63, 3.8) is 0 Å². The van der Waals surface area contributed by atoms with Gasteiger partial charge in [-0.05, 0) is 80.3 Å². The highest BCUT2D eigenvalue weighted by atomic mass is 16.5. The molecule has 7 rings (SSSR count). The number of ketones is 1. The van der Waals surface area contributed by atoms with Crippen molar-refractivity contribution in [3.8, 4) is 11.3 Å². The maximum absolute atomic E-state index is 13.8. The zero-order valence-electron chi connectivity index (χ0n) is 24.9. The second-order valence-corrected chi connectivity index (χ2v) is 12.1. The summed E-state index contributed by atoms with van der Waals surface area (Å²) in [5.74, 6) is 1.13. The highest BCUT2D eigenvalue weighted by Crippen LogP contribution is 2.43. The van der Waals surface area contributed by atoms with Gasteiger partial charge in [0.15, 0.2) is 11.5 Å². The smallest absolute Gasteiger partial charge is 0.259 e. The Labute approximate surface area is 257 Å². The summed E-state index contributed by atoms with van der Waals surface area (Å²) in [5, 5.41) is 3.00. The number of fused-ring (bicyclic) bond motifs is 3. The van der Waals surface area contributed by atoms with Gasteiger partial charge >= 0.3 is 0 Å². The fourth-order valence-electron chi connectivity index (χ4n) is 6.55. The van der Waals surface area contributed by atoms with E-state index in [1.165, 1.54) is 6.92 Å². The lowest BCUT2D eigenvalue weighted by Crippen LogP contribution is -2.59. The number of amides is 2. The number of aromatic nitrogens is 1. The number of para-hydroxylation sites is 1. The number of rotatable bonds is 5. The van der Waals surface area contributed by atoms with Crippen molar-refractivity contribution >= 4 is 34.8 Å². The fraction of sp³-hybridized carbons (Fsp3) is 0.314. The summed E-state index contributed by atoms with van der Waals surface area (Å²) in [7, 11) is 0. The lowest BCUT2D eigenvalue weighted by Gasteiger charge is -2.53. The normalized spacial score (nSPS) is 16.9. The van der Waals surface area contributed by atoms with E-state index in [1.54, 1.807) is 41.4 Å². The number of carbonyl (C=O) groups is 3. The van der Waals surface area contributed by atoms with Crippen LogP contribution in [0.5, 0.6) is 0 Å². The second kappa shape index (κ2) is 11.1. The van der Waals surface area contributed by atoms with Crippen LogP contribution in [0.15, 0.2) is 71.3 Å². The van der Waals surface area contributed by atoms with Gasteiger partial charge in [0.25, 0.3) is 11.8 Å². The largest absolute Gasteiger partial charge is 0.453 e. The Hall–Kier alpha value is -4.76. The van der Waals surface area contributed by atoms with E-state index in [-0.39, 0.29) is 24.4 Å². The first-order chi connectivity index (χ1) is 21.3. The molecule has 226 valence electrons. The Kier molecular flexibility index (Phi) is 7.05. The molecule has 1 spiro atoms. The number of anilines is 3. The summed E-state index contributed by atoms with van der Waals surface area (Å²) in [6.45, 7) is 7.18. The molecule has 9 nitrogen and oxygen atoms in total. The van der Waals surface area contributed by atoms with Crippen LogP contribution in [0.25, 0.3) is 11.3 Å². The highest BCUT2D eigenvalue weighted by molar-refractivity contribution is 6.10. The summed E-state index contributed by atoms with van der Waals surface area (Å²) < 4.78 is 11.5. The number of Topliss-reactive ketones (excluding diaryl/α,β-unsaturated/α-hetero) is 1. The van der Waals surface area contributed by atoms with Crippen LogP contribution in [0.2, 0.25) is 0 Å². The third kappa shape index (κ3) is 5.07. The number of carbonyl (C=O) groups excluding carboxylic acids is 3. The van der Waals surface area contributed by atoms with Gasteiger partial charge in [0.1, 0.15) is 11.6 Å². The van der Waals surface area contributed by atoms with Crippen molar-refractivity contribution in [1.82, 2.24) is 4.98 Å². The molecule has 1 N–H and O–H groups in total. The van der Waals surface area contributed by atoms with Crippen LogP contribution in [0, 0.1) is 12.3 Å². The molecule has 2 aromatic heterocycles. The maximum atomic E-state index is 13.8. The highest BCUT2D eigenvalue weighted by Gasteiger charge is 2.45. The molecule has 2 saturated heterocycles. The number of aryl methyl sites for hydroxylation is 1. The Balaban J connectivity index is 0.00000357. The first-order valence-electron chi connectivity index (χ1n) is 15.1. The molecule has 2 amide bonds. The van der Waals surface area contributed by atoms with Crippen molar-refractivity contribution in [2.45, 2.75) is 33.1 Å². The number of pyridine rings is 1. The monoisotopic (exact) mass is 592 g/mol. The van der Waals surface area contributed by atoms with Crippen LogP contribution in [-0.4, -0.2) is 55.4 Å². The van der Waals surface area contributed by atoms with Gasteiger partial charge in [0.2, 0.25) is 0 Å². The van der Waals surface area contributed by atoms with Crippen LogP contribution >= 0.6 is 0 Å². The number of ether oxygens (including phenoxy) is 1. The molecule has 2 fully saturated rings. The third-order valence-corrected chi connectivity index (χ3v) is 8.99. The van der Waals surface area contributed by atoms with Crippen LogP contribution in [0.3, 0.4) is 0 Å². The van der Waals surface area contributed by atoms with E-state index in [9.17, 15) is 14.4 Å². The van der Waals surface area contributed by atoms with E-state index in [2.05, 4.69) is 15.2 Å². The average Bonchev–Trinajstić information content (AvgIpc) is 3.39. The minimum atomic E-state index is -0.233. The summed E-state index contributed by atoms with van der Waals surface area (Å²) in [6.07, 6.45) is 4.43. The number of nitrogens with zero attached hydrogens (tertiary/aromatic N) is 3. The molecular formula is C35H36N4O5. The Bertz CT molecular complexity index is 1770. The van der Waals surface area contributed by atoms with Crippen molar-refractivity contribution in [2.24, 2.45) is 5.41 Å². The SMILES string of the molecule is CC(=O)c1cc2c(o1)-c1ccccc1N(C(=O)c1ccc(NC(=O)c3cc(C)cnc3N3CC4(CCOCC4)C3)cc1)CC2.[HH]. The van der Waals surface area contributed by atoms with Gasteiger partial charge in [-0.25, -0.2) is 4.98 Å². The Morgan fingerprint density at radius 2 is 1.75 bits per heavy atom. The van der Waals surface area contributed by atoms with Crippen molar-refractivity contribution in [2.75, 3.05) is 48.0 Å². The summed E-state index contributed by atoms with van der Waals surface area (Å²) in [4.78, 5) is 47.8. The standard InChI is InChI=1S/C35H34N4O5.H2/c1-22-17-28(32(36-19-22)38-20-35(21-38)12-15-43-16-13-35)33(41)37-26-9-7-24(8-10-26)34(42)39-14-11-25-18-30(23(2)40)44-31(25)27-5-3-4-6-29(27)39;/h3-10,17-19H,11-16,20-21H2,1-2H3,(H,37,41);1H. The number of furan rings is 1. The predicted molar refractivity (Wildman–Crippen MR) is 170 cm³/mol. The second-order valence-electron chi connectivity index (χ2n) is 12.1. The van der Waals surface area contributed by atoms with E-state index < -0.39 is 0 Å². The van der Waals surface area contributed by atoms with Gasteiger partial charge in [-0.2, -0.15) is 0 Å². The topological polar surface area (TPSA) is 105 Å². The molecule has 4 aromatic rings. The Morgan fingerprint density at radius 1 is 1.00 bits per heavy atom. The Morgan fingerprint density at radius 3 is 2.50 bits per heavy atom. The summed E-state index contributed by atoms with van der Waals surface area (Å²) in [5.41, 5.74) is 5.21. The molecule has 0 atom stereocenters. The molecule has 2 aromatic carbocycles. The van der Waals surface area contributed by atoms with Gasteiger partial charge in [0.05, 0.1) is 11.3 Å². The molecule has 5 heterocycles. The van der Waals surface area contributed by atoms with Crippen molar-refractivity contribution < 1.29 is 25.0 Å². The molecule has 0 aliphatic carbocycles. The van der Waals surface area contributed by atoms with E-state index in [1.807, 2.05) is 37.3 Å². The van der Waals surface area contributed by atoms with Gasteiger partial charge in [-0.1, -0.05) is 12.1 Å². The van der Waals surface area contributed by atoms with Crippen LogP contribution in [0.1, 0.15) is 63.6 Å². The van der Waals surface area contributed by atoms with Crippen LogP contribution in [0.4, 0.5) is 17.2 Å². The van der Waals surface area contributed by atoms with Gasteiger partial charge < -0.3 is 24.3 Å². The van der Waals surface area contributed by atoms with Crippen molar-refractivity contribution in [1.29, 1.82) is 0 Å². The minimum absolute atomic E-state index is 0. The summed E-state index contributed by atoms with van der Waals surface area (Å²) in [6, 6.07) is 18.2. The van der Waals surface area contributed by atoms with E-state index in [0.717, 1.165) is 61.5 Å². The third-order valence-electron chi connectivity index (χ3n) is 8.99. The van der Waals surface area contributed by atoms with E-state index in [4.69, 9.17) is 9.15 Å². The number of hydrogen-bond acceptors (Lipinski definition) is 7. The van der Waals surface area contributed by atoms with Gasteiger partial charge in [-0.3, -0.25) is 14.4 Å². The number of benzene rings is 2. The van der Waals surface area contributed by atoms with Crippen LogP contribution in [-0.2, 0) is 11.2 Å². The molecule has 0 unspecified atom stereocenters. The van der Waals surface area contributed by atoms with Crippen molar-refractivity contribution in [3.05, 3.63) is 94.9 Å². The minimum Gasteiger partial charge on any atom is -0.453 e. The fourth-order valence-corrected chi connectivity index (χ4v) is 6.55. The molecule has 0 saturated carbocycles. The molecule has 44 heavy (non-hydrogen) atoms. The van der Waals surface area contributed by atoms with Crippen LogP contribution < -0.4 is 15.1 Å². The summed E-state index contributed by atoms with van der Waals surface area (Å²) >= 11 is 0. The quantitative estimate of drug-likeness (QED) is 0.276. The predicted octanol–water partition coefficient (Wildman–Crippen LogP) is 6.17. The van der Waals surface area contributed by atoms with Gasteiger partial charge in [0, 0.05) is 75.2 Å². The lowest BCUT2D eigenvalue weighted by molar-refractivity contribution is -0.000510. The molecular weight excluding hydrogens is 556 g/mol. The zero-order chi connectivity index (χ0) is 30.4. The average molecular weight is 593 g/mol. The van der Waals surface area contributed by atoms with Gasteiger partial charge in [-0.15, -0.1) is 0 Å². The first-order valence-corrected chi connectivity index (χ1v) is 15.1. The molecule has 9 heteroatoms. The number of hydrogen-bond donors (Lipinski definition) is 1. The number of nitrogens with one attached hydrogen (secondary N) is 1. The molecule has 3 aliphatic heterocycles. The maximum Gasteiger partial charge on any atom is 0.259 e. The lowest BCUT2D eigenvalue weighted by atomic mass is 9.73. The molecule has 0 radical (unpaired) electrons. The first kappa shape index (κ1) is 28.0.